The number of fused-ring (bicyclic) bond motifs is 1. The second-order valence-corrected chi connectivity index (χ2v) is 4.50. The number of nitrogens with two attached hydrogens (primary N) is 1. The third-order valence-electron chi connectivity index (χ3n) is 3.25. The third-order valence-corrected chi connectivity index (χ3v) is 3.25. The Morgan fingerprint density at radius 3 is 2.68 bits per heavy atom. The van der Waals surface area contributed by atoms with Crippen LogP contribution in [0.4, 0.5) is 0 Å². The van der Waals surface area contributed by atoms with Gasteiger partial charge in [0.2, 0.25) is 0 Å². The van der Waals surface area contributed by atoms with Gasteiger partial charge in [-0.3, -0.25) is 0 Å². The molecule has 4 nitrogen and oxygen atoms in total. The maximum Gasteiger partial charge on any atom is 0.147 e. The molecule has 0 saturated carbocycles. The van der Waals surface area contributed by atoms with Crippen LogP contribution in [0.15, 0.2) is 48.9 Å². The summed E-state index contributed by atoms with van der Waals surface area (Å²) < 4.78 is 2.17. The van der Waals surface area contributed by atoms with Crippen LogP contribution in [0.3, 0.4) is 0 Å². The molecule has 0 saturated heterocycles. The summed E-state index contributed by atoms with van der Waals surface area (Å²) in [6, 6.07) is 10.3. The molecule has 0 radical (unpaired) electrons. The van der Waals surface area contributed by atoms with E-state index in [4.69, 9.17) is 5.73 Å². The molecule has 2 heterocycles. The fourth-order valence-corrected chi connectivity index (χ4v) is 2.36. The maximum absolute atomic E-state index is 5.66. The standard InChI is InChI=1S/C15H16N4/c16-7-5-12-3-1-4-14-13(12)6-10-19(14)11-15-17-8-2-9-18-15/h1-4,6,8-10H,5,7,11,16H2. The van der Waals surface area contributed by atoms with Crippen LogP contribution in [0.1, 0.15) is 11.4 Å². The number of nitrogens with zero attached hydrogens (tertiary/aromatic N) is 3. The van der Waals surface area contributed by atoms with Gasteiger partial charge in [-0.15, -0.1) is 0 Å². The Morgan fingerprint density at radius 2 is 1.89 bits per heavy atom. The first-order chi connectivity index (χ1) is 9.38. The average molecular weight is 252 g/mol. The predicted octanol–water partition coefficient (Wildman–Crippen LogP) is 1.98. The summed E-state index contributed by atoms with van der Waals surface area (Å²) in [5.41, 5.74) is 8.16. The van der Waals surface area contributed by atoms with E-state index in [1.807, 2.05) is 6.07 Å². The molecule has 0 unspecified atom stereocenters. The SMILES string of the molecule is NCCc1cccc2c1ccn2Cc1ncccn1. The minimum Gasteiger partial charge on any atom is -0.340 e. The van der Waals surface area contributed by atoms with E-state index in [1.165, 1.54) is 16.5 Å². The highest BCUT2D eigenvalue weighted by atomic mass is 15.0. The monoisotopic (exact) mass is 252 g/mol. The quantitative estimate of drug-likeness (QED) is 0.772. The van der Waals surface area contributed by atoms with Gasteiger partial charge in [0.15, 0.2) is 0 Å². The van der Waals surface area contributed by atoms with Gasteiger partial charge in [0.1, 0.15) is 5.82 Å². The summed E-state index contributed by atoms with van der Waals surface area (Å²) >= 11 is 0. The topological polar surface area (TPSA) is 56.7 Å². The van der Waals surface area contributed by atoms with Crippen LogP contribution < -0.4 is 5.73 Å². The molecular formula is C15H16N4. The Hall–Kier alpha value is -2.20. The molecule has 3 rings (SSSR count). The fourth-order valence-electron chi connectivity index (χ4n) is 2.36. The fraction of sp³-hybridized carbons (Fsp3) is 0.200. The van der Waals surface area contributed by atoms with Crippen molar-refractivity contribution in [3.05, 3.63) is 60.3 Å². The van der Waals surface area contributed by atoms with Crippen molar-refractivity contribution in [3.8, 4) is 0 Å². The molecular weight excluding hydrogens is 236 g/mol. The van der Waals surface area contributed by atoms with Crippen molar-refractivity contribution < 1.29 is 0 Å². The molecule has 3 aromatic rings. The molecule has 0 amide bonds. The molecule has 0 bridgehead atoms. The van der Waals surface area contributed by atoms with Gasteiger partial charge in [-0.1, -0.05) is 12.1 Å². The van der Waals surface area contributed by atoms with Crippen molar-refractivity contribution in [2.24, 2.45) is 5.73 Å². The number of rotatable bonds is 4. The van der Waals surface area contributed by atoms with Crippen molar-refractivity contribution >= 4 is 10.9 Å². The normalized spacial score (nSPS) is 11.0. The summed E-state index contributed by atoms with van der Waals surface area (Å²) in [5, 5.41) is 1.27. The molecule has 1 aromatic carbocycles. The highest BCUT2D eigenvalue weighted by Crippen LogP contribution is 2.21. The summed E-state index contributed by atoms with van der Waals surface area (Å²) in [6.45, 7) is 1.36. The molecule has 0 aliphatic rings. The molecule has 0 atom stereocenters. The predicted molar refractivity (Wildman–Crippen MR) is 75.8 cm³/mol. The van der Waals surface area contributed by atoms with Gasteiger partial charge in [0.05, 0.1) is 6.54 Å². The molecule has 2 aromatic heterocycles. The van der Waals surface area contributed by atoms with E-state index in [0.29, 0.717) is 13.1 Å². The second kappa shape index (κ2) is 5.20. The lowest BCUT2D eigenvalue weighted by Crippen LogP contribution is -2.04. The third kappa shape index (κ3) is 2.35. The van der Waals surface area contributed by atoms with Crippen LogP contribution in [-0.2, 0) is 13.0 Å². The zero-order valence-electron chi connectivity index (χ0n) is 10.7. The number of hydrogen-bond donors (Lipinski definition) is 1. The molecule has 0 aliphatic carbocycles. The van der Waals surface area contributed by atoms with E-state index in [-0.39, 0.29) is 0 Å². The Labute approximate surface area is 111 Å². The van der Waals surface area contributed by atoms with Crippen molar-refractivity contribution in [1.82, 2.24) is 14.5 Å². The van der Waals surface area contributed by atoms with Crippen LogP contribution in [0, 0.1) is 0 Å². The lowest BCUT2D eigenvalue weighted by Gasteiger charge is -2.06. The molecule has 2 N–H and O–H groups in total. The van der Waals surface area contributed by atoms with E-state index >= 15 is 0 Å². The van der Waals surface area contributed by atoms with Gasteiger partial charge in [-0.25, -0.2) is 9.97 Å². The van der Waals surface area contributed by atoms with Gasteiger partial charge < -0.3 is 10.3 Å². The van der Waals surface area contributed by atoms with E-state index in [0.717, 1.165) is 12.2 Å². The smallest absolute Gasteiger partial charge is 0.147 e. The Kier molecular flexibility index (Phi) is 3.25. The minimum absolute atomic E-state index is 0.673. The van der Waals surface area contributed by atoms with E-state index in [1.54, 1.807) is 12.4 Å². The van der Waals surface area contributed by atoms with Crippen molar-refractivity contribution in [3.63, 3.8) is 0 Å². The molecule has 0 spiro atoms. The first kappa shape index (κ1) is 11.9. The lowest BCUT2D eigenvalue weighted by atomic mass is 10.1. The van der Waals surface area contributed by atoms with Crippen LogP contribution in [0.5, 0.6) is 0 Å². The van der Waals surface area contributed by atoms with Crippen LogP contribution in [-0.4, -0.2) is 21.1 Å². The van der Waals surface area contributed by atoms with Crippen LogP contribution in [0.2, 0.25) is 0 Å². The summed E-state index contributed by atoms with van der Waals surface area (Å²) in [6.07, 6.45) is 6.53. The van der Waals surface area contributed by atoms with Gasteiger partial charge in [-0.2, -0.15) is 0 Å². The minimum atomic E-state index is 0.673. The van der Waals surface area contributed by atoms with Crippen LogP contribution >= 0.6 is 0 Å². The first-order valence-electron chi connectivity index (χ1n) is 6.41. The van der Waals surface area contributed by atoms with Crippen molar-refractivity contribution in [2.45, 2.75) is 13.0 Å². The molecule has 96 valence electrons. The van der Waals surface area contributed by atoms with E-state index < -0.39 is 0 Å². The van der Waals surface area contributed by atoms with Crippen molar-refractivity contribution in [2.75, 3.05) is 6.54 Å². The van der Waals surface area contributed by atoms with Gasteiger partial charge in [0, 0.05) is 29.5 Å². The van der Waals surface area contributed by atoms with Gasteiger partial charge in [0.25, 0.3) is 0 Å². The van der Waals surface area contributed by atoms with Crippen LogP contribution in [0.25, 0.3) is 10.9 Å². The Morgan fingerprint density at radius 1 is 1.05 bits per heavy atom. The highest BCUT2D eigenvalue weighted by Gasteiger charge is 2.06. The number of benzene rings is 1. The van der Waals surface area contributed by atoms with Gasteiger partial charge in [-0.05, 0) is 36.7 Å². The van der Waals surface area contributed by atoms with E-state index in [2.05, 4.69) is 45.0 Å². The first-order valence-corrected chi connectivity index (χ1v) is 6.41. The zero-order valence-corrected chi connectivity index (χ0v) is 10.7. The molecule has 0 fully saturated rings. The zero-order chi connectivity index (χ0) is 13.1. The van der Waals surface area contributed by atoms with E-state index in [9.17, 15) is 0 Å². The Balaban J connectivity index is 1.99. The molecule has 4 heteroatoms. The second-order valence-electron chi connectivity index (χ2n) is 4.50. The summed E-state index contributed by atoms with van der Waals surface area (Å²) in [5.74, 6) is 0.823. The summed E-state index contributed by atoms with van der Waals surface area (Å²) in [4.78, 5) is 8.53. The number of hydrogen-bond acceptors (Lipinski definition) is 3. The van der Waals surface area contributed by atoms with Gasteiger partial charge >= 0.3 is 0 Å². The Bertz CT molecular complexity index is 673. The average Bonchev–Trinajstić information content (AvgIpc) is 2.85. The highest BCUT2D eigenvalue weighted by molar-refractivity contribution is 5.83. The molecule has 0 aliphatic heterocycles. The summed E-state index contributed by atoms with van der Waals surface area (Å²) in [7, 11) is 0. The maximum atomic E-state index is 5.66. The lowest BCUT2D eigenvalue weighted by molar-refractivity contribution is 0.771. The molecule has 19 heavy (non-hydrogen) atoms. The largest absolute Gasteiger partial charge is 0.340 e. The number of aromatic nitrogens is 3. The van der Waals surface area contributed by atoms with Crippen molar-refractivity contribution in [1.29, 1.82) is 0 Å².